The summed E-state index contributed by atoms with van der Waals surface area (Å²) in [5, 5.41) is 3.59. The van der Waals surface area contributed by atoms with E-state index in [0.29, 0.717) is 0 Å². The Morgan fingerprint density at radius 2 is 0.654 bits per heavy atom. The molecule has 3 aliphatic rings. The lowest BCUT2D eigenvalue weighted by Crippen LogP contribution is -2.46. The van der Waals surface area contributed by atoms with Gasteiger partial charge in [-0.05, 0) is 232 Å². The van der Waals surface area contributed by atoms with E-state index in [1.165, 1.54) is 18.5 Å². The molecule has 0 aliphatic carbocycles. The second-order valence-electron chi connectivity index (χ2n) is 31.2. The van der Waals surface area contributed by atoms with Gasteiger partial charge in [0.05, 0.1) is 39.4 Å². The zero-order valence-electron chi connectivity index (χ0n) is 56.6. The zero-order valence-corrected chi connectivity index (χ0v) is 64.3. The summed E-state index contributed by atoms with van der Waals surface area (Å²) in [4.78, 5) is 24.2. The van der Waals surface area contributed by atoms with Gasteiger partial charge in [-0.2, -0.15) is 0 Å². The van der Waals surface area contributed by atoms with Crippen LogP contribution >= 0.6 is 47.8 Å². The van der Waals surface area contributed by atoms with Gasteiger partial charge in [-0.1, -0.05) is 134 Å². The molecular weight excluding hydrogens is 1260 g/mol. The Morgan fingerprint density at radius 1 is 0.370 bits per heavy atom. The molecule has 6 rings (SSSR count). The van der Waals surface area contributed by atoms with Gasteiger partial charge in [0.25, 0.3) is 0 Å². The highest BCUT2D eigenvalue weighted by atomic mass is 79.9. The first kappa shape index (κ1) is 74.3. The highest BCUT2D eigenvalue weighted by molar-refractivity contribution is 9.11. The molecule has 18 heteroatoms. The predicted octanol–water partition coefficient (Wildman–Crippen LogP) is 20.7. The first-order chi connectivity index (χ1) is 35.7. The summed E-state index contributed by atoms with van der Waals surface area (Å²) in [6.45, 7) is 71.3. The number of benzene rings is 3. The molecule has 0 bridgehead atoms. The summed E-state index contributed by atoms with van der Waals surface area (Å²) < 4.78 is 33.6. The molecule has 3 saturated heterocycles. The van der Waals surface area contributed by atoms with Crippen LogP contribution in [0.2, 0.25) is 54.4 Å². The summed E-state index contributed by atoms with van der Waals surface area (Å²) in [7, 11) is -4.19. The fourth-order valence-corrected chi connectivity index (χ4v) is 15.2. The lowest BCUT2D eigenvalue weighted by molar-refractivity contribution is -0.0279. The average Bonchev–Trinajstić information content (AvgIpc) is 3.73. The van der Waals surface area contributed by atoms with Crippen molar-refractivity contribution < 1.29 is 41.9 Å². The fraction of sp³-hybridized carbons (Fsp3) is 0.714. The third-order valence-corrected chi connectivity index (χ3v) is 34.3. The fourth-order valence-electron chi connectivity index (χ4n) is 7.75. The second kappa shape index (κ2) is 24.9. The Kier molecular flexibility index (Phi) is 22.9. The van der Waals surface area contributed by atoms with Crippen molar-refractivity contribution in [3.8, 4) is 0 Å². The van der Waals surface area contributed by atoms with Gasteiger partial charge in [0.1, 0.15) is 22.4 Å². The SMILES string of the molecule is CC(C)(O[Si](C)(C)C(C)(C)C)c1cc(N2OC(C)(C)C(C)(C)O2)ccc1Br.CC(C)(O[Si](C)(C)C(C)(C)C)c1ccc(N2OC(C)(C)C(C)(C)O2)cc1Br.CC(C)(O[Si](C)(C)C(C)(C)C)c1ccccc1Br.CC1(C)O[B]OC1(C)C. The molecule has 3 aliphatic heterocycles. The van der Waals surface area contributed by atoms with Gasteiger partial charge >= 0.3 is 7.69 Å². The van der Waals surface area contributed by atoms with Gasteiger partial charge in [0.15, 0.2) is 25.0 Å². The molecule has 81 heavy (non-hydrogen) atoms. The van der Waals surface area contributed by atoms with E-state index in [-0.39, 0.29) is 31.9 Å². The summed E-state index contributed by atoms with van der Waals surface area (Å²) in [5.41, 5.74) is 1.98. The maximum absolute atomic E-state index is 6.76. The number of anilines is 2. The number of hydrogen-bond donors (Lipinski definition) is 0. The van der Waals surface area contributed by atoms with Gasteiger partial charge in [-0.25, -0.2) is 19.4 Å². The molecular formula is C63H109BBr3N2O9Si3. The van der Waals surface area contributed by atoms with Crippen molar-refractivity contribution in [3.05, 3.63) is 90.8 Å². The van der Waals surface area contributed by atoms with Gasteiger partial charge in [-0.15, -0.1) is 10.5 Å². The Labute approximate surface area is 522 Å². The lowest BCUT2D eigenvalue weighted by Gasteiger charge is -2.43. The second-order valence-corrected chi connectivity index (χ2v) is 47.9. The summed E-state index contributed by atoms with van der Waals surface area (Å²) >= 11 is 11.1. The standard InChI is InChI=1S/2C21H36BrNO3Si.C15H25BrOSi.C6H12BO2/c1-18(2,3)27(10,11)26-19(4,5)16-14-15(12-13-17(16)22)23-24-20(6,7)21(8,9)25-23;1-18(2,3)27(10,11)26-19(4,5)16-13-12-15(14-17(16)22)23-24-20(6,7)21(8,9)25-23;1-14(2,3)18(6,7)17-15(4,5)12-10-8-9-11-13(12)16;1-5(2)6(3,4)9-7-8-5/h2*12-14H,1-11H3;8-11H,1-7H3;1-4H3. The number of nitrogens with zero attached hydrogens (tertiary/aromatic N) is 2. The maximum atomic E-state index is 6.76. The van der Waals surface area contributed by atoms with Crippen LogP contribution in [0.15, 0.2) is 74.1 Å². The maximum Gasteiger partial charge on any atom is 0.488 e. The lowest BCUT2D eigenvalue weighted by atomic mass is 9.90. The molecule has 461 valence electrons. The van der Waals surface area contributed by atoms with Crippen LogP contribution in [0.3, 0.4) is 0 Å². The zero-order chi connectivity index (χ0) is 63.4. The normalized spacial score (nSPS) is 19.9. The van der Waals surface area contributed by atoms with Gasteiger partial charge in [0.2, 0.25) is 0 Å². The monoisotopic (exact) mass is 1370 g/mol. The predicted molar refractivity (Wildman–Crippen MR) is 358 cm³/mol. The average molecular weight is 1370 g/mol. The van der Waals surface area contributed by atoms with E-state index in [9.17, 15) is 0 Å². The minimum absolute atomic E-state index is 0.142. The van der Waals surface area contributed by atoms with Gasteiger partial charge in [0, 0.05) is 13.4 Å². The molecule has 0 atom stereocenters. The number of halogens is 3. The molecule has 3 aromatic rings. The van der Waals surface area contributed by atoms with Crippen molar-refractivity contribution in [2.45, 2.75) is 292 Å². The molecule has 3 fully saturated rings. The van der Waals surface area contributed by atoms with Crippen LogP contribution < -0.4 is 10.5 Å². The molecule has 0 aromatic heterocycles. The van der Waals surface area contributed by atoms with E-state index in [4.69, 9.17) is 41.9 Å². The smallest absolute Gasteiger partial charge is 0.408 e. The summed E-state index contributed by atoms with van der Waals surface area (Å²) in [5.74, 6) is 0. The molecule has 0 amide bonds. The minimum atomic E-state index is -1.94. The molecule has 0 N–H and O–H groups in total. The highest BCUT2D eigenvalue weighted by Crippen LogP contribution is 2.49. The summed E-state index contributed by atoms with van der Waals surface area (Å²) in [6, 6.07) is 20.6. The Morgan fingerprint density at radius 3 is 0.951 bits per heavy atom. The molecule has 1 radical (unpaired) electrons. The Bertz CT molecular complexity index is 2570. The number of rotatable bonds is 11. The topological polar surface area (TPSA) is 89.6 Å². The molecule has 0 saturated carbocycles. The minimum Gasteiger partial charge on any atom is -0.408 e. The Hall–Kier alpha value is -0.944. The van der Waals surface area contributed by atoms with Crippen LogP contribution in [-0.4, -0.2) is 66.2 Å². The van der Waals surface area contributed by atoms with E-state index in [2.05, 4.69) is 221 Å². The van der Waals surface area contributed by atoms with E-state index in [1.54, 1.807) is 5.23 Å². The van der Waals surface area contributed by atoms with Crippen molar-refractivity contribution in [3.63, 3.8) is 0 Å². The molecule has 3 aromatic carbocycles. The van der Waals surface area contributed by atoms with Gasteiger partial charge in [-0.3, -0.25) is 0 Å². The molecule has 11 nitrogen and oxygen atoms in total. The third kappa shape index (κ3) is 17.9. The molecule has 3 heterocycles. The van der Waals surface area contributed by atoms with Crippen LogP contribution in [0.1, 0.15) is 204 Å². The van der Waals surface area contributed by atoms with Crippen LogP contribution in [0.25, 0.3) is 0 Å². The van der Waals surface area contributed by atoms with Crippen molar-refractivity contribution in [2.24, 2.45) is 0 Å². The van der Waals surface area contributed by atoms with Gasteiger partial charge < -0.3 is 22.6 Å². The third-order valence-electron chi connectivity index (χ3n) is 18.4. The van der Waals surface area contributed by atoms with E-state index >= 15 is 0 Å². The van der Waals surface area contributed by atoms with Crippen LogP contribution in [-0.2, 0) is 58.7 Å². The van der Waals surface area contributed by atoms with Crippen molar-refractivity contribution in [1.29, 1.82) is 0 Å². The number of hydrogen-bond acceptors (Lipinski definition) is 11. The molecule has 0 unspecified atom stereocenters. The largest absolute Gasteiger partial charge is 0.488 e. The first-order valence-electron chi connectivity index (χ1n) is 28.7. The highest BCUT2D eigenvalue weighted by Gasteiger charge is 2.52. The first-order valence-corrected chi connectivity index (χ1v) is 39.8. The van der Waals surface area contributed by atoms with Crippen molar-refractivity contribution >= 4 is 91.8 Å². The van der Waals surface area contributed by atoms with Crippen molar-refractivity contribution in [2.75, 3.05) is 10.5 Å². The quantitative estimate of drug-likeness (QED) is 0.172. The van der Waals surface area contributed by atoms with Crippen LogP contribution in [0.4, 0.5) is 11.4 Å². The van der Waals surface area contributed by atoms with E-state index in [0.717, 1.165) is 35.9 Å². The van der Waals surface area contributed by atoms with Crippen LogP contribution in [0.5, 0.6) is 0 Å². The molecule has 0 spiro atoms. The van der Waals surface area contributed by atoms with E-state index < -0.39 is 58.6 Å². The summed E-state index contributed by atoms with van der Waals surface area (Å²) in [6.07, 6.45) is 0. The van der Waals surface area contributed by atoms with Crippen LogP contribution in [0, 0.1) is 0 Å². The van der Waals surface area contributed by atoms with E-state index in [1.807, 2.05) is 113 Å². The van der Waals surface area contributed by atoms with Crippen molar-refractivity contribution in [1.82, 2.24) is 0 Å². The Balaban J connectivity index is 0.000000300.